The van der Waals surface area contributed by atoms with Crippen LogP contribution in [0.5, 0.6) is 0 Å². The molecule has 0 atom stereocenters. The highest BCUT2D eigenvalue weighted by Gasteiger charge is 2.51. The molecule has 3 nitrogen and oxygen atoms in total. The van der Waals surface area contributed by atoms with E-state index in [1.165, 1.54) is 4.90 Å². The molecule has 21 heavy (non-hydrogen) atoms. The number of hydrogen-bond donors (Lipinski definition) is 2. The molecule has 1 saturated carbocycles. The third-order valence-corrected chi connectivity index (χ3v) is 4.74. The van der Waals surface area contributed by atoms with E-state index in [9.17, 15) is 4.79 Å². The van der Waals surface area contributed by atoms with Crippen molar-refractivity contribution in [1.29, 1.82) is 0 Å². The third kappa shape index (κ3) is 2.76. The van der Waals surface area contributed by atoms with Gasteiger partial charge in [0.05, 0.1) is 5.41 Å². The zero-order valence-corrected chi connectivity index (χ0v) is 12.7. The van der Waals surface area contributed by atoms with Crippen LogP contribution in [0.1, 0.15) is 18.4 Å². The van der Waals surface area contributed by atoms with Crippen LogP contribution in [-0.2, 0) is 10.2 Å². The lowest BCUT2D eigenvalue weighted by Gasteiger charge is -2.16. The maximum absolute atomic E-state index is 12.6. The van der Waals surface area contributed by atoms with Gasteiger partial charge >= 0.3 is 0 Å². The second kappa shape index (κ2) is 5.45. The normalized spacial score (nSPS) is 15.5. The number of amides is 1. The van der Waals surface area contributed by atoms with Gasteiger partial charge in [0.1, 0.15) is 0 Å². The van der Waals surface area contributed by atoms with Crippen molar-refractivity contribution in [3.05, 3.63) is 54.1 Å². The molecule has 2 aromatic rings. The van der Waals surface area contributed by atoms with Gasteiger partial charge in [-0.3, -0.25) is 4.79 Å². The fourth-order valence-corrected chi connectivity index (χ4v) is 2.91. The van der Waals surface area contributed by atoms with E-state index in [2.05, 4.69) is 5.32 Å². The molecule has 1 aliphatic carbocycles. The molecule has 1 aliphatic rings. The van der Waals surface area contributed by atoms with E-state index in [1.54, 1.807) is 11.8 Å². The number of rotatable bonds is 4. The second-order valence-electron chi connectivity index (χ2n) is 5.39. The van der Waals surface area contributed by atoms with E-state index in [1.807, 2.05) is 54.8 Å². The number of carbonyl (C=O) groups is 1. The van der Waals surface area contributed by atoms with Crippen molar-refractivity contribution in [2.24, 2.45) is 0 Å². The summed E-state index contributed by atoms with van der Waals surface area (Å²) in [5, 5.41) is 3.03. The minimum atomic E-state index is -0.369. The van der Waals surface area contributed by atoms with Crippen LogP contribution in [-0.4, -0.2) is 12.2 Å². The molecular formula is C17H18N2OS. The lowest BCUT2D eigenvalue weighted by molar-refractivity contribution is -0.118. The van der Waals surface area contributed by atoms with Crippen LogP contribution in [0.2, 0.25) is 0 Å². The zero-order valence-electron chi connectivity index (χ0n) is 11.9. The Bertz CT molecular complexity index is 645. The highest BCUT2D eigenvalue weighted by Crippen LogP contribution is 2.49. The second-order valence-corrected chi connectivity index (χ2v) is 6.27. The number of nitrogens with one attached hydrogen (secondary N) is 1. The number of nitrogens with two attached hydrogens (primary N) is 1. The number of hydrogen-bond acceptors (Lipinski definition) is 3. The molecule has 4 heteroatoms. The van der Waals surface area contributed by atoms with Gasteiger partial charge in [0.15, 0.2) is 0 Å². The Morgan fingerprint density at radius 1 is 1.10 bits per heavy atom. The van der Waals surface area contributed by atoms with Gasteiger partial charge in [-0.2, -0.15) is 0 Å². The van der Waals surface area contributed by atoms with E-state index in [0.29, 0.717) is 0 Å². The molecule has 0 aliphatic heterocycles. The molecule has 0 radical (unpaired) electrons. The van der Waals surface area contributed by atoms with Gasteiger partial charge < -0.3 is 11.1 Å². The van der Waals surface area contributed by atoms with Crippen molar-refractivity contribution in [2.75, 3.05) is 17.3 Å². The molecule has 1 fully saturated rings. The third-order valence-electron chi connectivity index (χ3n) is 4.00. The topological polar surface area (TPSA) is 55.1 Å². The fraction of sp³-hybridized carbons (Fsp3) is 0.235. The van der Waals surface area contributed by atoms with Gasteiger partial charge in [-0.05, 0) is 61.1 Å². The van der Waals surface area contributed by atoms with Gasteiger partial charge in [-0.15, -0.1) is 11.8 Å². The van der Waals surface area contributed by atoms with Crippen LogP contribution in [0, 0.1) is 0 Å². The molecular weight excluding hydrogens is 280 g/mol. The first-order valence-electron chi connectivity index (χ1n) is 6.96. The predicted octanol–water partition coefficient (Wildman–Crippen LogP) is 3.66. The Morgan fingerprint density at radius 3 is 2.24 bits per heavy atom. The van der Waals surface area contributed by atoms with Crippen molar-refractivity contribution in [2.45, 2.75) is 23.2 Å². The van der Waals surface area contributed by atoms with Crippen molar-refractivity contribution in [3.8, 4) is 0 Å². The van der Waals surface area contributed by atoms with Crippen LogP contribution in [0.15, 0.2) is 53.4 Å². The molecule has 108 valence electrons. The summed E-state index contributed by atoms with van der Waals surface area (Å²) in [4.78, 5) is 13.8. The minimum absolute atomic E-state index is 0.0733. The Labute approximate surface area is 128 Å². The van der Waals surface area contributed by atoms with E-state index >= 15 is 0 Å². The van der Waals surface area contributed by atoms with Gasteiger partial charge in [-0.1, -0.05) is 12.1 Å². The van der Waals surface area contributed by atoms with Crippen LogP contribution in [0.25, 0.3) is 0 Å². The summed E-state index contributed by atoms with van der Waals surface area (Å²) in [6.07, 6.45) is 3.82. The first-order chi connectivity index (χ1) is 10.1. The predicted molar refractivity (Wildman–Crippen MR) is 88.6 cm³/mol. The van der Waals surface area contributed by atoms with Gasteiger partial charge in [0.25, 0.3) is 0 Å². The highest BCUT2D eigenvalue weighted by atomic mass is 32.2. The smallest absolute Gasteiger partial charge is 0.235 e. The summed E-state index contributed by atoms with van der Waals surface area (Å²) in [5.74, 6) is 0.0733. The van der Waals surface area contributed by atoms with Crippen molar-refractivity contribution >= 4 is 29.0 Å². The maximum Gasteiger partial charge on any atom is 0.235 e. The molecule has 0 heterocycles. The van der Waals surface area contributed by atoms with Crippen LogP contribution >= 0.6 is 11.8 Å². The quantitative estimate of drug-likeness (QED) is 0.669. The molecule has 1 amide bonds. The van der Waals surface area contributed by atoms with Crippen molar-refractivity contribution in [3.63, 3.8) is 0 Å². The Balaban J connectivity index is 1.76. The first kappa shape index (κ1) is 14.0. The lowest BCUT2D eigenvalue weighted by Crippen LogP contribution is -2.27. The van der Waals surface area contributed by atoms with Crippen molar-refractivity contribution < 1.29 is 4.79 Å². The van der Waals surface area contributed by atoms with Crippen molar-refractivity contribution in [1.82, 2.24) is 0 Å². The van der Waals surface area contributed by atoms with Gasteiger partial charge in [0.2, 0.25) is 5.91 Å². The van der Waals surface area contributed by atoms with Crippen LogP contribution < -0.4 is 11.1 Å². The average Bonchev–Trinajstić information content (AvgIpc) is 3.30. The first-order valence-corrected chi connectivity index (χ1v) is 8.18. The minimum Gasteiger partial charge on any atom is -0.399 e. The largest absolute Gasteiger partial charge is 0.399 e. The highest BCUT2D eigenvalue weighted by molar-refractivity contribution is 7.98. The molecule has 3 rings (SSSR count). The molecule has 0 saturated heterocycles. The molecule has 3 N–H and O–H groups in total. The number of carbonyl (C=O) groups excluding carboxylic acids is 1. The summed E-state index contributed by atoms with van der Waals surface area (Å²) in [5.41, 5.74) is 7.97. The Morgan fingerprint density at radius 2 is 1.71 bits per heavy atom. The van der Waals surface area contributed by atoms with Gasteiger partial charge in [0, 0.05) is 16.3 Å². The van der Waals surface area contributed by atoms with E-state index in [0.717, 1.165) is 29.8 Å². The number of thioether (sulfide) groups is 1. The molecule has 0 spiro atoms. The summed E-state index contributed by atoms with van der Waals surface area (Å²) < 4.78 is 0. The van der Waals surface area contributed by atoms with E-state index in [4.69, 9.17) is 5.73 Å². The number of anilines is 2. The SMILES string of the molecule is CSc1ccc(NC(=O)C2(c3ccc(N)cc3)CC2)cc1. The number of nitrogen functional groups attached to an aromatic ring is 1. The molecule has 0 unspecified atom stereocenters. The lowest BCUT2D eigenvalue weighted by atomic mass is 9.94. The van der Waals surface area contributed by atoms with E-state index < -0.39 is 0 Å². The average molecular weight is 298 g/mol. The molecule has 2 aromatic carbocycles. The van der Waals surface area contributed by atoms with E-state index in [-0.39, 0.29) is 11.3 Å². The Hall–Kier alpha value is -1.94. The Kier molecular flexibility index (Phi) is 3.64. The monoisotopic (exact) mass is 298 g/mol. The standard InChI is InChI=1S/C17H18N2OS/c1-21-15-8-6-14(7-9-15)19-16(20)17(10-11-17)12-2-4-13(18)5-3-12/h2-9H,10-11,18H2,1H3,(H,19,20). The number of benzene rings is 2. The summed E-state index contributed by atoms with van der Waals surface area (Å²) in [6, 6.07) is 15.6. The zero-order chi connectivity index (χ0) is 14.9. The maximum atomic E-state index is 12.6. The molecule has 0 bridgehead atoms. The van der Waals surface area contributed by atoms with Crippen LogP contribution in [0.4, 0.5) is 11.4 Å². The van der Waals surface area contributed by atoms with Crippen LogP contribution in [0.3, 0.4) is 0 Å². The summed E-state index contributed by atoms with van der Waals surface area (Å²) in [6.45, 7) is 0. The fourth-order valence-electron chi connectivity index (χ4n) is 2.50. The summed E-state index contributed by atoms with van der Waals surface area (Å²) in [7, 11) is 0. The molecule has 0 aromatic heterocycles. The van der Waals surface area contributed by atoms with Gasteiger partial charge in [-0.25, -0.2) is 0 Å². The summed E-state index contributed by atoms with van der Waals surface area (Å²) >= 11 is 1.69.